The molecule has 2 amide bonds. The van der Waals surface area contributed by atoms with Crippen molar-refractivity contribution in [3.63, 3.8) is 0 Å². The van der Waals surface area contributed by atoms with E-state index in [1.165, 1.54) is 51.4 Å². The fourth-order valence-electron chi connectivity index (χ4n) is 8.09. The van der Waals surface area contributed by atoms with Gasteiger partial charge in [-0.25, -0.2) is 4.79 Å². The second-order valence-corrected chi connectivity index (χ2v) is 11.1. The van der Waals surface area contributed by atoms with Gasteiger partial charge < -0.3 is 15.0 Å². The summed E-state index contributed by atoms with van der Waals surface area (Å²) in [5, 5.41) is 2.88. The number of alkyl carbamates (subject to hydrolysis) is 1. The van der Waals surface area contributed by atoms with Crippen LogP contribution in [0.2, 0.25) is 0 Å². The van der Waals surface area contributed by atoms with Gasteiger partial charge in [-0.15, -0.1) is 0 Å². The van der Waals surface area contributed by atoms with E-state index in [-0.39, 0.29) is 18.1 Å². The number of nitrogens with zero attached hydrogens (tertiary/aromatic N) is 2. The molecule has 1 heterocycles. The van der Waals surface area contributed by atoms with Gasteiger partial charge in [-0.3, -0.25) is 9.69 Å². The van der Waals surface area contributed by atoms with Crippen LogP contribution in [0.25, 0.3) is 0 Å². The molecule has 4 saturated carbocycles. The van der Waals surface area contributed by atoms with Gasteiger partial charge in [0.05, 0.1) is 6.54 Å². The molecule has 0 radical (unpaired) electrons. The third-order valence-corrected chi connectivity index (χ3v) is 9.54. The van der Waals surface area contributed by atoms with E-state index < -0.39 is 0 Å². The number of hydrogen-bond donors (Lipinski definition) is 1. The monoisotopic (exact) mass is 431 g/mol. The minimum Gasteiger partial charge on any atom is -0.446 e. The highest BCUT2D eigenvalue weighted by Crippen LogP contribution is 2.57. The summed E-state index contributed by atoms with van der Waals surface area (Å²) in [5.74, 6) is 5.81. The number of rotatable bonds is 4. The second-order valence-electron chi connectivity index (χ2n) is 11.1. The largest absolute Gasteiger partial charge is 0.446 e. The number of ether oxygens (including phenoxy) is 1. The second kappa shape index (κ2) is 9.29. The molecule has 4 aliphatic carbocycles. The average Bonchev–Trinajstić information content (AvgIpc) is 3.24. The van der Waals surface area contributed by atoms with E-state index in [4.69, 9.17) is 4.74 Å². The number of nitrogens with one attached hydrogen (secondary N) is 1. The molecule has 6 nitrogen and oxygen atoms in total. The molecule has 0 aromatic carbocycles. The standard InChI is InChI=1S/C25H41N3O3/c1-27-13-14-28(24(29)16-27)12-11-26-25(30)31-19-7-10-21-18(15-19)6-9-22-20-4-2-3-17(20)5-8-23(21)22/h17-23H,2-16H2,1H3,(H,26,30). The maximum absolute atomic E-state index is 12.4. The van der Waals surface area contributed by atoms with Crippen molar-refractivity contribution in [3.8, 4) is 0 Å². The molecule has 0 aromatic rings. The normalized spacial score (nSPS) is 40.6. The Bertz CT molecular complexity index is 670. The first-order valence-electron chi connectivity index (χ1n) is 13.0. The van der Waals surface area contributed by atoms with Crippen molar-refractivity contribution in [2.24, 2.45) is 35.5 Å². The number of amides is 2. The predicted octanol–water partition coefficient (Wildman–Crippen LogP) is 3.51. The van der Waals surface area contributed by atoms with Crippen LogP contribution in [0.1, 0.15) is 64.2 Å². The van der Waals surface area contributed by atoms with Crippen molar-refractivity contribution in [2.75, 3.05) is 39.8 Å². The summed E-state index contributed by atoms with van der Waals surface area (Å²) in [4.78, 5) is 28.3. The Morgan fingerprint density at radius 3 is 2.48 bits per heavy atom. The average molecular weight is 432 g/mol. The third-order valence-electron chi connectivity index (χ3n) is 9.54. The van der Waals surface area contributed by atoms with Crippen molar-refractivity contribution >= 4 is 12.0 Å². The van der Waals surface area contributed by atoms with E-state index >= 15 is 0 Å². The molecule has 5 aliphatic rings. The molecule has 0 bridgehead atoms. The molecule has 1 aliphatic heterocycles. The summed E-state index contributed by atoms with van der Waals surface area (Å²) in [5.41, 5.74) is 0. The van der Waals surface area contributed by atoms with Crippen molar-refractivity contribution in [3.05, 3.63) is 0 Å². The summed E-state index contributed by atoms with van der Waals surface area (Å²) in [7, 11) is 1.96. The Morgan fingerprint density at radius 2 is 1.68 bits per heavy atom. The molecular formula is C25H41N3O3. The van der Waals surface area contributed by atoms with Crippen LogP contribution in [0.3, 0.4) is 0 Å². The Balaban J connectivity index is 1.05. The summed E-state index contributed by atoms with van der Waals surface area (Å²) < 4.78 is 5.82. The Kier molecular flexibility index (Phi) is 6.45. The zero-order valence-corrected chi connectivity index (χ0v) is 19.3. The molecule has 5 fully saturated rings. The predicted molar refractivity (Wildman–Crippen MR) is 119 cm³/mol. The van der Waals surface area contributed by atoms with Gasteiger partial charge in [-0.05, 0) is 93.9 Å². The number of carbonyl (C=O) groups excluding carboxylic acids is 2. The maximum Gasteiger partial charge on any atom is 0.407 e. The minimum atomic E-state index is -0.301. The smallest absolute Gasteiger partial charge is 0.407 e. The van der Waals surface area contributed by atoms with Gasteiger partial charge in [-0.2, -0.15) is 0 Å². The molecule has 6 heteroatoms. The van der Waals surface area contributed by atoms with Crippen LogP contribution < -0.4 is 5.32 Å². The quantitative estimate of drug-likeness (QED) is 0.740. The van der Waals surface area contributed by atoms with E-state index in [9.17, 15) is 9.59 Å². The highest BCUT2D eigenvalue weighted by Gasteiger charge is 2.49. The van der Waals surface area contributed by atoms with Gasteiger partial charge >= 0.3 is 6.09 Å². The molecule has 7 atom stereocenters. The fraction of sp³-hybridized carbons (Fsp3) is 0.920. The number of hydrogen-bond acceptors (Lipinski definition) is 4. The summed E-state index contributed by atoms with van der Waals surface area (Å²) in [6.07, 6.45) is 13.3. The van der Waals surface area contributed by atoms with E-state index in [0.29, 0.717) is 19.6 Å². The molecular weight excluding hydrogens is 390 g/mol. The van der Waals surface area contributed by atoms with Crippen LogP contribution in [-0.4, -0.2) is 67.7 Å². The van der Waals surface area contributed by atoms with Crippen molar-refractivity contribution in [2.45, 2.75) is 70.3 Å². The Labute approximate surface area is 187 Å². The van der Waals surface area contributed by atoms with Crippen LogP contribution >= 0.6 is 0 Å². The summed E-state index contributed by atoms with van der Waals surface area (Å²) in [6.45, 7) is 3.14. The van der Waals surface area contributed by atoms with Crippen LogP contribution in [-0.2, 0) is 9.53 Å². The number of fused-ring (bicyclic) bond motifs is 5. The first-order chi connectivity index (χ1) is 15.1. The van der Waals surface area contributed by atoms with Gasteiger partial charge in [0.2, 0.25) is 5.91 Å². The molecule has 0 aromatic heterocycles. The van der Waals surface area contributed by atoms with Gasteiger partial charge in [0.1, 0.15) is 6.10 Å². The highest BCUT2D eigenvalue weighted by atomic mass is 16.6. The van der Waals surface area contributed by atoms with Crippen molar-refractivity contribution in [1.29, 1.82) is 0 Å². The lowest BCUT2D eigenvalue weighted by atomic mass is 9.53. The lowest BCUT2D eigenvalue weighted by molar-refractivity contribution is -0.135. The molecule has 1 saturated heterocycles. The zero-order chi connectivity index (χ0) is 21.4. The minimum absolute atomic E-state index is 0.0749. The van der Waals surface area contributed by atoms with E-state index in [1.807, 2.05) is 16.8 Å². The van der Waals surface area contributed by atoms with Gasteiger partial charge in [0.25, 0.3) is 0 Å². The van der Waals surface area contributed by atoms with Crippen LogP contribution in [0.4, 0.5) is 4.79 Å². The van der Waals surface area contributed by atoms with Crippen LogP contribution in [0, 0.1) is 35.5 Å². The molecule has 1 N–H and O–H groups in total. The lowest BCUT2D eigenvalue weighted by Crippen LogP contribution is -2.51. The first kappa shape index (κ1) is 21.5. The van der Waals surface area contributed by atoms with E-state index in [2.05, 4.69) is 5.32 Å². The van der Waals surface area contributed by atoms with Gasteiger partial charge in [-0.1, -0.05) is 12.8 Å². The van der Waals surface area contributed by atoms with Crippen molar-refractivity contribution in [1.82, 2.24) is 15.1 Å². The van der Waals surface area contributed by atoms with Crippen molar-refractivity contribution < 1.29 is 14.3 Å². The topological polar surface area (TPSA) is 61.9 Å². The zero-order valence-electron chi connectivity index (χ0n) is 19.3. The van der Waals surface area contributed by atoms with E-state index in [0.717, 1.165) is 61.4 Å². The Morgan fingerprint density at radius 1 is 0.935 bits per heavy atom. The SMILES string of the molecule is CN1CCN(CCNC(=O)OC2CCC3C(CCC4C5CCCC5CCC34)C2)C(=O)C1. The Hall–Kier alpha value is -1.30. The summed E-state index contributed by atoms with van der Waals surface area (Å²) >= 11 is 0. The van der Waals surface area contributed by atoms with Crippen LogP contribution in [0.5, 0.6) is 0 Å². The summed E-state index contributed by atoms with van der Waals surface area (Å²) in [6, 6.07) is 0. The van der Waals surface area contributed by atoms with Gasteiger partial charge in [0.15, 0.2) is 0 Å². The van der Waals surface area contributed by atoms with Gasteiger partial charge in [0, 0.05) is 26.2 Å². The molecule has 7 unspecified atom stereocenters. The maximum atomic E-state index is 12.4. The highest BCUT2D eigenvalue weighted by molar-refractivity contribution is 5.79. The lowest BCUT2D eigenvalue weighted by Gasteiger charge is -2.52. The molecule has 5 rings (SSSR count). The molecule has 31 heavy (non-hydrogen) atoms. The van der Waals surface area contributed by atoms with E-state index in [1.54, 1.807) is 0 Å². The molecule has 0 spiro atoms. The third kappa shape index (κ3) is 4.60. The number of piperazine rings is 1. The number of carbonyl (C=O) groups is 2. The van der Waals surface area contributed by atoms with Crippen LogP contribution in [0.15, 0.2) is 0 Å². The first-order valence-corrected chi connectivity index (χ1v) is 13.0. The number of likely N-dealkylation sites (N-methyl/N-ethyl adjacent to an activating group) is 1. The fourth-order valence-corrected chi connectivity index (χ4v) is 8.09. The molecule has 174 valence electrons.